The maximum absolute atomic E-state index is 12.9. The van der Waals surface area contributed by atoms with Crippen LogP contribution in [-0.4, -0.2) is 0 Å². The topological polar surface area (TPSA) is 0 Å². The van der Waals surface area contributed by atoms with Gasteiger partial charge in [0.2, 0.25) is 0 Å². The van der Waals surface area contributed by atoms with Crippen LogP contribution >= 0.6 is 0 Å². The van der Waals surface area contributed by atoms with Gasteiger partial charge < -0.3 is 0 Å². The smallest absolute Gasteiger partial charge is 0.129 e. The van der Waals surface area contributed by atoms with Gasteiger partial charge in [0.1, 0.15) is 12.0 Å². The molecule has 0 N–H and O–H groups in total. The van der Waals surface area contributed by atoms with Crippen LogP contribution < -0.4 is 0 Å². The second kappa shape index (κ2) is 2.99. The van der Waals surface area contributed by atoms with Gasteiger partial charge in [0.25, 0.3) is 0 Å². The monoisotopic (exact) mass is 156 g/mol. The van der Waals surface area contributed by atoms with Crippen LogP contribution in [0.4, 0.5) is 8.78 Å². The van der Waals surface area contributed by atoms with Crippen LogP contribution in [-0.2, 0) is 0 Å². The number of hydrogen-bond acceptors (Lipinski definition) is 0. The molecule has 0 nitrogen and oxygen atoms in total. The molecule has 0 aromatic heterocycles. The van der Waals surface area contributed by atoms with Crippen LogP contribution in [0.1, 0.15) is 24.2 Å². The summed E-state index contributed by atoms with van der Waals surface area (Å²) in [5.41, 5.74) is 0.840. The Morgan fingerprint density at radius 1 is 1.36 bits per heavy atom. The first kappa shape index (κ1) is 8.18. The summed E-state index contributed by atoms with van der Waals surface area (Å²) in [6, 6.07) is 4.56. The largest absolute Gasteiger partial charge is 0.242 e. The molecule has 0 radical (unpaired) electrons. The van der Waals surface area contributed by atoms with Crippen molar-refractivity contribution in [1.82, 2.24) is 0 Å². The van der Waals surface area contributed by atoms with E-state index < -0.39 is 12.0 Å². The van der Waals surface area contributed by atoms with Gasteiger partial charge in [-0.25, -0.2) is 8.78 Å². The summed E-state index contributed by atoms with van der Waals surface area (Å²) in [5.74, 6) is -0.458. The Labute approximate surface area is 64.9 Å². The van der Waals surface area contributed by atoms with E-state index >= 15 is 0 Å². The third-order valence-electron chi connectivity index (χ3n) is 1.67. The molecule has 1 atom stereocenters. The molecule has 1 aromatic carbocycles. The molecule has 1 rings (SSSR count). The third kappa shape index (κ3) is 1.56. The Morgan fingerprint density at radius 2 is 2.00 bits per heavy atom. The summed E-state index contributed by atoms with van der Waals surface area (Å²) in [4.78, 5) is 0. The van der Waals surface area contributed by atoms with Gasteiger partial charge in [0, 0.05) is 5.56 Å². The average molecular weight is 156 g/mol. The molecule has 11 heavy (non-hydrogen) atoms. The zero-order chi connectivity index (χ0) is 8.43. The maximum Gasteiger partial charge on any atom is 0.129 e. The van der Waals surface area contributed by atoms with Crippen molar-refractivity contribution in [2.24, 2.45) is 0 Å². The van der Waals surface area contributed by atoms with E-state index in [0.29, 0.717) is 5.56 Å². The van der Waals surface area contributed by atoms with E-state index in [4.69, 9.17) is 0 Å². The fourth-order valence-corrected chi connectivity index (χ4v) is 1.15. The number of hydrogen-bond donors (Lipinski definition) is 0. The van der Waals surface area contributed by atoms with Gasteiger partial charge in [-0.2, -0.15) is 0 Å². The van der Waals surface area contributed by atoms with E-state index in [1.165, 1.54) is 13.0 Å². The summed E-state index contributed by atoms with van der Waals surface area (Å²) < 4.78 is 25.6. The Hall–Kier alpha value is -0.920. The Balaban J connectivity index is 3.21. The molecule has 0 amide bonds. The Kier molecular flexibility index (Phi) is 2.22. The standard InChI is InChI=1S/C9H10F2/c1-6-4-3-5-8(11)9(6)7(2)10/h3-5,7H,1-2H3/t7-/m0/s1. The first-order chi connectivity index (χ1) is 5.13. The number of rotatable bonds is 1. The molecule has 0 aliphatic carbocycles. The molecule has 0 unspecified atom stereocenters. The SMILES string of the molecule is Cc1cccc(F)c1[C@H](C)F. The van der Waals surface area contributed by atoms with Crippen LogP contribution in [0.15, 0.2) is 18.2 Å². The van der Waals surface area contributed by atoms with Crippen molar-refractivity contribution >= 4 is 0 Å². The van der Waals surface area contributed by atoms with Gasteiger partial charge in [-0.05, 0) is 25.5 Å². The highest BCUT2D eigenvalue weighted by Gasteiger charge is 2.10. The highest BCUT2D eigenvalue weighted by atomic mass is 19.1. The quantitative estimate of drug-likeness (QED) is 0.585. The van der Waals surface area contributed by atoms with Crippen molar-refractivity contribution in [2.75, 3.05) is 0 Å². The minimum atomic E-state index is -1.23. The molecule has 0 fully saturated rings. The van der Waals surface area contributed by atoms with Crippen LogP contribution in [0.2, 0.25) is 0 Å². The number of alkyl halides is 1. The van der Waals surface area contributed by atoms with E-state index in [-0.39, 0.29) is 5.56 Å². The van der Waals surface area contributed by atoms with Gasteiger partial charge in [0.15, 0.2) is 0 Å². The van der Waals surface area contributed by atoms with E-state index in [1.54, 1.807) is 19.1 Å². The van der Waals surface area contributed by atoms with Gasteiger partial charge in [-0.3, -0.25) is 0 Å². The fourth-order valence-electron chi connectivity index (χ4n) is 1.15. The lowest BCUT2D eigenvalue weighted by atomic mass is 10.1. The normalized spacial score (nSPS) is 13.1. The summed E-state index contributed by atoms with van der Waals surface area (Å²) in [7, 11) is 0. The first-order valence-corrected chi connectivity index (χ1v) is 3.52. The van der Waals surface area contributed by atoms with E-state index in [1.807, 2.05) is 0 Å². The highest BCUT2D eigenvalue weighted by molar-refractivity contribution is 5.28. The molecular weight excluding hydrogens is 146 g/mol. The van der Waals surface area contributed by atoms with Crippen molar-refractivity contribution in [2.45, 2.75) is 20.0 Å². The molecule has 0 bridgehead atoms. The van der Waals surface area contributed by atoms with Gasteiger partial charge >= 0.3 is 0 Å². The molecule has 0 saturated heterocycles. The zero-order valence-corrected chi connectivity index (χ0v) is 6.57. The lowest BCUT2D eigenvalue weighted by Crippen LogP contribution is -1.94. The van der Waals surface area contributed by atoms with Gasteiger partial charge in [-0.1, -0.05) is 12.1 Å². The first-order valence-electron chi connectivity index (χ1n) is 3.52. The number of halogens is 2. The predicted octanol–water partition coefficient (Wildman–Crippen LogP) is 3.16. The minimum absolute atomic E-state index is 0.174. The van der Waals surface area contributed by atoms with Crippen LogP contribution in [0, 0.1) is 12.7 Å². The molecule has 0 heterocycles. The lowest BCUT2D eigenvalue weighted by molar-refractivity contribution is 0.359. The van der Waals surface area contributed by atoms with Gasteiger partial charge in [-0.15, -0.1) is 0 Å². The summed E-state index contributed by atoms with van der Waals surface area (Å²) in [5, 5.41) is 0. The second-order valence-corrected chi connectivity index (χ2v) is 2.59. The van der Waals surface area contributed by atoms with Crippen molar-refractivity contribution in [3.8, 4) is 0 Å². The molecule has 0 aliphatic rings. The van der Waals surface area contributed by atoms with Crippen molar-refractivity contribution in [3.63, 3.8) is 0 Å². The lowest BCUT2D eigenvalue weighted by Gasteiger charge is -2.06. The third-order valence-corrected chi connectivity index (χ3v) is 1.67. The minimum Gasteiger partial charge on any atom is -0.242 e. The van der Waals surface area contributed by atoms with Gasteiger partial charge in [0.05, 0.1) is 0 Å². The second-order valence-electron chi connectivity index (χ2n) is 2.59. The van der Waals surface area contributed by atoms with Crippen LogP contribution in [0.3, 0.4) is 0 Å². The summed E-state index contributed by atoms with van der Waals surface area (Å²) >= 11 is 0. The Morgan fingerprint density at radius 3 is 2.36 bits per heavy atom. The summed E-state index contributed by atoms with van der Waals surface area (Å²) in [6.45, 7) is 3.04. The molecule has 0 saturated carbocycles. The average Bonchev–Trinajstić information content (AvgIpc) is 1.85. The highest BCUT2D eigenvalue weighted by Crippen LogP contribution is 2.23. The van der Waals surface area contributed by atoms with E-state index in [9.17, 15) is 8.78 Å². The van der Waals surface area contributed by atoms with Crippen molar-refractivity contribution in [1.29, 1.82) is 0 Å². The molecule has 0 aliphatic heterocycles. The van der Waals surface area contributed by atoms with Crippen molar-refractivity contribution < 1.29 is 8.78 Å². The fraction of sp³-hybridized carbons (Fsp3) is 0.333. The zero-order valence-electron chi connectivity index (χ0n) is 6.57. The summed E-state index contributed by atoms with van der Waals surface area (Å²) in [6.07, 6.45) is -1.23. The number of benzene rings is 1. The number of aryl methyl sites for hydroxylation is 1. The molecular formula is C9H10F2. The van der Waals surface area contributed by atoms with Crippen LogP contribution in [0.5, 0.6) is 0 Å². The molecule has 2 heteroatoms. The van der Waals surface area contributed by atoms with Crippen LogP contribution in [0.25, 0.3) is 0 Å². The van der Waals surface area contributed by atoms with Crippen molar-refractivity contribution in [3.05, 3.63) is 35.1 Å². The van der Waals surface area contributed by atoms with E-state index in [0.717, 1.165) is 0 Å². The Bertz CT molecular complexity index is 233. The maximum atomic E-state index is 12.9. The molecule has 0 spiro atoms. The molecule has 60 valence electrons. The predicted molar refractivity (Wildman–Crippen MR) is 40.7 cm³/mol. The molecule has 1 aromatic rings. The van der Waals surface area contributed by atoms with E-state index in [2.05, 4.69) is 0 Å².